The maximum Gasteiger partial charge on any atom is 0.269 e. The number of benzene rings is 1. The van der Waals surface area contributed by atoms with E-state index in [4.69, 9.17) is 0 Å². The summed E-state index contributed by atoms with van der Waals surface area (Å²) in [5, 5.41) is 5.58. The van der Waals surface area contributed by atoms with Crippen molar-refractivity contribution >= 4 is 27.7 Å². The molecule has 0 radical (unpaired) electrons. The van der Waals surface area contributed by atoms with Crippen LogP contribution < -0.4 is 10.6 Å². The monoisotopic (exact) mass is 361 g/mol. The van der Waals surface area contributed by atoms with Gasteiger partial charge in [0.1, 0.15) is 5.69 Å². The smallest absolute Gasteiger partial charge is 0.269 e. The summed E-state index contributed by atoms with van der Waals surface area (Å²) in [4.78, 5) is 27.7. The molecule has 0 aliphatic heterocycles. The molecule has 0 saturated carbocycles. The number of pyridine rings is 1. The highest BCUT2D eigenvalue weighted by Gasteiger charge is 2.08. The van der Waals surface area contributed by atoms with Gasteiger partial charge in [0.15, 0.2) is 0 Å². The molecule has 2 N–H and O–H groups in total. The van der Waals surface area contributed by atoms with E-state index in [0.717, 1.165) is 4.47 Å². The number of halogens is 1. The van der Waals surface area contributed by atoms with Crippen LogP contribution in [0.4, 0.5) is 0 Å². The quantitative estimate of drug-likeness (QED) is 0.776. The molecule has 22 heavy (non-hydrogen) atoms. The zero-order valence-electron chi connectivity index (χ0n) is 11.9. The first kappa shape index (κ1) is 16.2. The first-order chi connectivity index (χ1) is 10.7. The average molecular weight is 362 g/mol. The minimum Gasteiger partial charge on any atom is -0.352 e. The van der Waals surface area contributed by atoms with Crippen molar-refractivity contribution in [3.8, 4) is 0 Å². The number of hydrogen-bond donors (Lipinski definition) is 2. The number of nitrogens with zero attached hydrogens (tertiary/aromatic N) is 1. The average Bonchev–Trinajstić information content (AvgIpc) is 2.55. The van der Waals surface area contributed by atoms with Crippen LogP contribution in [-0.4, -0.2) is 29.9 Å². The Balaban J connectivity index is 1.69. The Morgan fingerprint density at radius 1 is 0.955 bits per heavy atom. The largest absolute Gasteiger partial charge is 0.352 e. The topological polar surface area (TPSA) is 71.1 Å². The van der Waals surface area contributed by atoms with Crippen LogP contribution in [0, 0.1) is 0 Å². The molecule has 5 nitrogen and oxygen atoms in total. The molecule has 0 saturated heterocycles. The second-order valence-corrected chi connectivity index (χ2v) is 5.41. The fraction of sp³-hybridized carbons (Fsp3) is 0.188. The van der Waals surface area contributed by atoms with Crippen molar-refractivity contribution in [2.75, 3.05) is 13.1 Å². The maximum absolute atomic E-state index is 11.9. The zero-order chi connectivity index (χ0) is 15.8. The number of carbonyl (C=O) groups is 2. The van der Waals surface area contributed by atoms with Gasteiger partial charge in [0.25, 0.3) is 11.8 Å². The predicted octanol–water partition coefficient (Wildman–Crippen LogP) is 2.39. The van der Waals surface area contributed by atoms with E-state index in [1.165, 1.54) is 0 Å². The van der Waals surface area contributed by atoms with E-state index < -0.39 is 0 Å². The third-order valence-corrected chi connectivity index (χ3v) is 3.63. The molecule has 1 heterocycles. The van der Waals surface area contributed by atoms with Crippen LogP contribution in [-0.2, 0) is 0 Å². The standard InChI is InChI=1S/C16H16BrN3O2/c17-13-7-2-1-6-12(13)15(21)19-10-5-11-20-16(22)14-8-3-4-9-18-14/h1-4,6-9H,5,10-11H2,(H,19,21)(H,20,22). The lowest BCUT2D eigenvalue weighted by Gasteiger charge is -2.07. The van der Waals surface area contributed by atoms with Crippen molar-refractivity contribution in [3.63, 3.8) is 0 Å². The summed E-state index contributed by atoms with van der Waals surface area (Å²) in [6.45, 7) is 0.967. The van der Waals surface area contributed by atoms with Crippen molar-refractivity contribution in [3.05, 3.63) is 64.4 Å². The van der Waals surface area contributed by atoms with Crippen LogP contribution in [0.5, 0.6) is 0 Å². The van der Waals surface area contributed by atoms with E-state index in [9.17, 15) is 9.59 Å². The summed E-state index contributed by atoms with van der Waals surface area (Å²) >= 11 is 3.34. The molecule has 0 aliphatic rings. The van der Waals surface area contributed by atoms with Gasteiger partial charge >= 0.3 is 0 Å². The van der Waals surface area contributed by atoms with Crippen molar-refractivity contribution in [2.45, 2.75) is 6.42 Å². The summed E-state index contributed by atoms with van der Waals surface area (Å²) in [5.41, 5.74) is 0.986. The molecular weight excluding hydrogens is 346 g/mol. The molecule has 2 amide bonds. The molecule has 2 aromatic rings. The number of hydrogen-bond acceptors (Lipinski definition) is 3. The molecule has 0 aliphatic carbocycles. The van der Waals surface area contributed by atoms with Crippen molar-refractivity contribution in [1.29, 1.82) is 0 Å². The number of rotatable bonds is 6. The van der Waals surface area contributed by atoms with Gasteiger partial charge in [-0.2, -0.15) is 0 Å². The highest BCUT2D eigenvalue weighted by Crippen LogP contribution is 2.15. The Hall–Kier alpha value is -2.21. The lowest BCUT2D eigenvalue weighted by atomic mass is 10.2. The van der Waals surface area contributed by atoms with E-state index in [1.54, 1.807) is 30.5 Å². The molecular formula is C16H16BrN3O2. The van der Waals surface area contributed by atoms with Gasteiger partial charge in [-0.3, -0.25) is 14.6 Å². The van der Waals surface area contributed by atoms with Gasteiger partial charge in [-0.15, -0.1) is 0 Å². The normalized spacial score (nSPS) is 10.0. The first-order valence-electron chi connectivity index (χ1n) is 6.90. The van der Waals surface area contributed by atoms with E-state index in [0.29, 0.717) is 30.8 Å². The summed E-state index contributed by atoms with van der Waals surface area (Å²) in [6, 6.07) is 12.4. The molecule has 0 atom stereocenters. The molecule has 0 unspecified atom stereocenters. The van der Waals surface area contributed by atoms with Crippen LogP contribution in [0.25, 0.3) is 0 Å². The van der Waals surface area contributed by atoms with E-state index >= 15 is 0 Å². The summed E-state index contributed by atoms with van der Waals surface area (Å²) in [6.07, 6.45) is 2.22. The highest BCUT2D eigenvalue weighted by atomic mass is 79.9. The maximum atomic E-state index is 11.9. The second kappa shape index (κ2) is 8.29. The molecule has 1 aromatic heterocycles. The van der Waals surface area contributed by atoms with Gasteiger partial charge in [-0.05, 0) is 46.6 Å². The molecule has 1 aromatic carbocycles. The molecule has 114 valence electrons. The fourth-order valence-electron chi connectivity index (χ4n) is 1.82. The Kier molecular flexibility index (Phi) is 6.09. The number of amides is 2. The molecule has 6 heteroatoms. The highest BCUT2D eigenvalue weighted by molar-refractivity contribution is 9.10. The molecule has 2 rings (SSSR count). The minimum absolute atomic E-state index is 0.136. The van der Waals surface area contributed by atoms with Gasteiger partial charge in [0.05, 0.1) is 5.56 Å². The lowest BCUT2D eigenvalue weighted by Crippen LogP contribution is -2.30. The van der Waals surface area contributed by atoms with Crippen LogP contribution in [0.15, 0.2) is 53.1 Å². The second-order valence-electron chi connectivity index (χ2n) is 4.56. The molecule has 0 fully saturated rings. The Morgan fingerprint density at radius 2 is 1.64 bits per heavy atom. The first-order valence-corrected chi connectivity index (χ1v) is 7.70. The number of carbonyl (C=O) groups excluding carboxylic acids is 2. The van der Waals surface area contributed by atoms with Crippen molar-refractivity contribution < 1.29 is 9.59 Å². The van der Waals surface area contributed by atoms with Crippen molar-refractivity contribution in [2.24, 2.45) is 0 Å². The number of aromatic nitrogens is 1. The zero-order valence-corrected chi connectivity index (χ0v) is 13.5. The van der Waals surface area contributed by atoms with E-state index in [2.05, 4.69) is 31.5 Å². The Labute approximate surface area is 137 Å². The van der Waals surface area contributed by atoms with Crippen LogP contribution in [0.2, 0.25) is 0 Å². The van der Waals surface area contributed by atoms with Gasteiger partial charge in [-0.25, -0.2) is 0 Å². The summed E-state index contributed by atoms with van der Waals surface area (Å²) in [5.74, 6) is -0.346. The lowest BCUT2D eigenvalue weighted by molar-refractivity contribution is 0.0948. The Morgan fingerprint density at radius 3 is 2.32 bits per heavy atom. The SMILES string of the molecule is O=C(NCCCNC(=O)c1ccccc1Br)c1ccccn1. The van der Waals surface area contributed by atoms with E-state index in [-0.39, 0.29) is 11.8 Å². The Bertz CT molecular complexity index is 647. The summed E-state index contributed by atoms with van der Waals surface area (Å²) < 4.78 is 0.760. The minimum atomic E-state index is -0.210. The van der Waals surface area contributed by atoms with Crippen LogP contribution in [0.1, 0.15) is 27.3 Å². The summed E-state index contributed by atoms with van der Waals surface area (Å²) in [7, 11) is 0. The molecule has 0 bridgehead atoms. The fourth-order valence-corrected chi connectivity index (χ4v) is 2.29. The predicted molar refractivity (Wildman–Crippen MR) is 87.7 cm³/mol. The van der Waals surface area contributed by atoms with Crippen LogP contribution in [0.3, 0.4) is 0 Å². The van der Waals surface area contributed by atoms with Crippen molar-refractivity contribution in [1.82, 2.24) is 15.6 Å². The van der Waals surface area contributed by atoms with Gasteiger partial charge < -0.3 is 10.6 Å². The van der Waals surface area contributed by atoms with Gasteiger partial charge in [0, 0.05) is 23.8 Å². The third kappa shape index (κ3) is 4.66. The van der Waals surface area contributed by atoms with E-state index in [1.807, 2.05) is 18.2 Å². The molecule has 0 spiro atoms. The van der Waals surface area contributed by atoms with Crippen LogP contribution >= 0.6 is 15.9 Å². The third-order valence-electron chi connectivity index (χ3n) is 2.94. The number of nitrogens with one attached hydrogen (secondary N) is 2. The van der Waals surface area contributed by atoms with Gasteiger partial charge in [-0.1, -0.05) is 18.2 Å². The van der Waals surface area contributed by atoms with Gasteiger partial charge in [0.2, 0.25) is 0 Å².